The quantitative estimate of drug-likeness (QED) is 0.614. The Kier molecular flexibility index (Phi) is 3.24. The maximum atomic E-state index is 12.6. The van der Waals surface area contributed by atoms with Gasteiger partial charge >= 0.3 is 5.97 Å². The van der Waals surface area contributed by atoms with Crippen LogP contribution < -0.4 is 5.01 Å². The Morgan fingerprint density at radius 3 is 2.68 bits per heavy atom. The van der Waals surface area contributed by atoms with Crippen molar-refractivity contribution in [2.75, 3.05) is 12.1 Å². The second-order valence-corrected chi connectivity index (χ2v) is 5.47. The molecule has 0 fully saturated rings. The third-order valence-corrected chi connectivity index (χ3v) is 3.84. The Balaban J connectivity index is 2.46. The lowest BCUT2D eigenvalue weighted by atomic mass is 9.81. The van der Waals surface area contributed by atoms with Crippen LogP contribution in [-0.4, -0.2) is 35.4 Å². The van der Waals surface area contributed by atoms with Gasteiger partial charge in [0.2, 0.25) is 0 Å². The molecule has 1 aliphatic heterocycles. The van der Waals surface area contributed by atoms with E-state index in [1.807, 2.05) is 0 Å². The second-order valence-electron chi connectivity index (χ2n) is 5.09. The van der Waals surface area contributed by atoms with E-state index in [4.69, 9.17) is 21.8 Å². The van der Waals surface area contributed by atoms with Gasteiger partial charge in [-0.25, -0.2) is 9.80 Å². The molecule has 3 rings (SSSR count). The van der Waals surface area contributed by atoms with Gasteiger partial charge in [-0.15, -0.1) is 0 Å². The van der Waals surface area contributed by atoms with Crippen LogP contribution in [-0.2, 0) is 26.9 Å². The normalized spacial score (nSPS) is 21.7. The number of halogens is 1. The van der Waals surface area contributed by atoms with Crippen molar-refractivity contribution in [2.45, 2.75) is 5.54 Å². The summed E-state index contributed by atoms with van der Waals surface area (Å²) in [6.45, 7) is 0. The minimum Gasteiger partial charge on any atom is -0.466 e. The fraction of sp³-hybridized carbons (Fsp3) is 0.176. The maximum absolute atomic E-state index is 12.6. The van der Waals surface area contributed by atoms with Crippen molar-refractivity contribution in [2.24, 2.45) is 12.1 Å². The van der Waals surface area contributed by atoms with E-state index in [1.165, 1.54) is 29.4 Å². The Morgan fingerprint density at radius 1 is 1.40 bits per heavy atom. The molecule has 0 amide bonds. The lowest BCUT2D eigenvalue weighted by molar-refractivity contribution is -0.137. The van der Waals surface area contributed by atoms with Crippen molar-refractivity contribution >= 4 is 35.8 Å². The van der Waals surface area contributed by atoms with E-state index in [-0.39, 0.29) is 16.8 Å². The molecule has 1 aromatic heterocycles. The molecule has 0 saturated heterocycles. The predicted molar refractivity (Wildman–Crippen MR) is 93.5 cm³/mol. The highest BCUT2D eigenvalue weighted by Crippen LogP contribution is 2.40. The highest BCUT2D eigenvalue weighted by atomic mass is 35.5. The molecule has 0 bridgehead atoms. The third kappa shape index (κ3) is 2.72. The van der Waals surface area contributed by atoms with E-state index in [0.29, 0.717) is 6.29 Å². The van der Waals surface area contributed by atoms with Gasteiger partial charge < -0.3 is 4.74 Å². The number of hydrazone groups is 1. The van der Waals surface area contributed by atoms with Gasteiger partial charge in [0.1, 0.15) is 0 Å². The molecule has 128 valence electrons. The molecule has 1 aliphatic rings. The SMILES string of the molecule is [2H]c1c([2H])c(C2(C=O)C(C(=O)OC)=CC=NN2c2cnn(C)c2)c([2H])c([2H])c1Cl. The van der Waals surface area contributed by atoms with Crippen LogP contribution in [0.25, 0.3) is 0 Å². The van der Waals surface area contributed by atoms with Gasteiger partial charge in [-0.1, -0.05) is 23.7 Å². The van der Waals surface area contributed by atoms with E-state index < -0.39 is 40.7 Å². The van der Waals surface area contributed by atoms with Gasteiger partial charge in [0.25, 0.3) is 0 Å². The molecule has 0 aliphatic carbocycles. The first kappa shape index (κ1) is 12.4. The van der Waals surface area contributed by atoms with Gasteiger partial charge in [0.15, 0.2) is 11.8 Å². The molecule has 2 aromatic rings. The molecule has 1 unspecified atom stereocenters. The number of aromatic nitrogens is 2. The monoisotopic (exact) mass is 362 g/mol. The van der Waals surface area contributed by atoms with Crippen LogP contribution in [0, 0.1) is 0 Å². The van der Waals surface area contributed by atoms with Gasteiger partial charge in [-0.05, 0) is 23.7 Å². The lowest BCUT2D eigenvalue weighted by Crippen LogP contribution is -2.50. The van der Waals surface area contributed by atoms with E-state index >= 15 is 0 Å². The first-order valence-corrected chi connectivity index (χ1v) is 7.43. The molecule has 0 N–H and O–H groups in total. The Morgan fingerprint density at radius 2 is 2.12 bits per heavy atom. The van der Waals surface area contributed by atoms with Crippen molar-refractivity contribution in [3.63, 3.8) is 0 Å². The zero-order chi connectivity index (χ0) is 21.5. The number of aryl methyl sites for hydroxylation is 1. The van der Waals surface area contributed by atoms with Gasteiger partial charge in [-0.2, -0.15) is 10.2 Å². The summed E-state index contributed by atoms with van der Waals surface area (Å²) in [4.78, 5) is 25.2. The van der Waals surface area contributed by atoms with Gasteiger partial charge in [0.05, 0.1) is 30.1 Å². The van der Waals surface area contributed by atoms with E-state index in [2.05, 4.69) is 10.2 Å². The average Bonchev–Trinajstić information content (AvgIpc) is 3.16. The summed E-state index contributed by atoms with van der Waals surface area (Å²) in [6.07, 6.45) is 5.71. The molecule has 0 saturated carbocycles. The number of hydrogen-bond donors (Lipinski definition) is 0. The molecule has 2 heterocycles. The number of hydrogen-bond acceptors (Lipinski definition) is 6. The van der Waals surface area contributed by atoms with Crippen molar-refractivity contribution in [3.8, 4) is 0 Å². The van der Waals surface area contributed by atoms with Crippen molar-refractivity contribution in [3.05, 3.63) is 58.8 Å². The van der Waals surface area contributed by atoms with Crippen LogP contribution in [0.1, 0.15) is 11.0 Å². The molecule has 0 spiro atoms. The number of methoxy groups -OCH3 is 1. The molecular formula is C17H15ClN4O3. The zero-order valence-corrected chi connectivity index (χ0v) is 14.0. The minimum absolute atomic E-state index is 0.239. The Hall–Kier alpha value is -2.93. The van der Waals surface area contributed by atoms with E-state index in [0.717, 1.165) is 12.1 Å². The summed E-state index contributed by atoms with van der Waals surface area (Å²) in [5.41, 5.74) is -2.49. The summed E-state index contributed by atoms with van der Waals surface area (Å²) < 4.78 is 39.1. The number of benzene rings is 1. The van der Waals surface area contributed by atoms with Crippen molar-refractivity contribution < 1.29 is 19.8 Å². The number of rotatable bonds is 4. The van der Waals surface area contributed by atoms with Gasteiger partial charge in [0, 0.05) is 24.5 Å². The standard InChI is InChI=1S/C17H15ClN4O3/c1-21-10-14(9-20-21)22-17(11-23,12-3-5-13(18)6-4-12)15(7-8-19-22)16(24)25-2/h3-11H,1-2H3/i3D,4D,5D,6D. The minimum atomic E-state index is -2.14. The molecule has 8 heteroatoms. The summed E-state index contributed by atoms with van der Waals surface area (Å²) >= 11 is 5.90. The van der Waals surface area contributed by atoms with Crippen molar-refractivity contribution in [1.29, 1.82) is 0 Å². The van der Waals surface area contributed by atoms with Crippen LogP contribution in [0.5, 0.6) is 0 Å². The molecule has 25 heavy (non-hydrogen) atoms. The second kappa shape index (κ2) is 6.52. The van der Waals surface area contributed by atoms with E-state index in [9.17, 15) is 9.59 Å². The van der Waals surface area contributed by atoms with Crippen LogP contribution in [0.2, 0.25) is 5.02 Å². The maximum Gasteiger partial charge on any atom is 0.337 e. The first-order chi connectivity index (χ1) is 13.7. The smallest absolute Gasteiger partial charge is 0.337 e. The van der Waals surface area contributed by atoms with E-state index in [1.54, 1.807) is 7.05 Å². The molecule has 7 nitrogen and oxygen atoms in total. The first-order valence-electron chi connectivity index (χ1n) is 9.05. The fourth-order valence-corrected chi connectivity index (χ4v) is 2.62. The summed E-state index contributed by atoms with van der Waals surface area (Å²) in [7, 11) is 2.75. The Bertz CT molecular complexity index is 1060. The summed E-state index contributed by atoms with van der Waals surface area (Å²) in [6, 6.07) is -2.25. The average molecular weight is 363 g/mol. The third-order valence-electron chi connectivity index (χ3n) is 3.66. The largest absolute Gasteiger partial charge is 0.466 e. The van der Waals surface area contributed by atoms with Crippen LogP contribution in [0.4, 0.5) is 5.69 Å². The van der Waals surface area contributed by atoms with Crippen molar-refractivity contribution in [1.82, 2.24) is 9.78 Å². The Labute approximate surface area is 154 Å². The predicted octanol–water partition coefficient (Wildman–Crippen LogP) is 2.07. The highest BCUT2D eigenvalue weighted by Gasteiger charge is 2.48. The molecule has 0 radical (unpaired) electrons. The van der Waals surface area contributed by atoms with Gasteiger partial charge in [-0.3, -0.25) is 9.48 Å². The number of allylic oxidation sites excluding steroid dienone is 1. The summed E-state index contributed by atoms with van der Waals surface area (Å²) in [5.74, 6) is -0.899. The number of ether oxygens (including phenoxy) is 1. The number of carbonyl (C=O) groups excluding carboxylic acids is 2. The number of esters is 1. The van der Waals surface area contributed by atoms with Crippen LogP contribution >= 0.6 is 11.6 Å². The molecule has 1 aromatic carbocycles. The number of aldehydes is 1. The zero-order valence-electron chi connectivity index (χ0n) is 17.3. The number of nitrogens with zero attached hydrogens (tertiary/aromatic N) is 4. The topological polar surface area (TPSA) is 76.8 Å². The fourth-order valence-electron chi connectivity index (χ4n) is 2.53. The molecular weight excluding hydrogens is 344 g/mol. The number of anilines is 1. The lowest BCUT2D eigenvalue weighted by Gasteiger charge is -2.39. The van der Waals surface area contributed by atoms with Crippen LogP contribution in [0.3, 0.4) is 0 Å². The highest BCUT2D eigenvalue weighted by molar-refractivity contribution is 6.30. The number of carbonyl (C=O) groups is 2. The van der Waals surface area contributed by atoms with Crippen LogP contribution in [0.15, 0.2) is 53.3 Å². The molecule has 1 atom stereocenters. The summed E-state index contributed by atoms with van der Waals surface area (Å²) in [5, 5.41) is 8.90.